The second-order valence-corrected chi connectivity index (χ2v) is 4.80. The number of likely N-dealkylation sites (N-methyl/N-ethyl adjacent to an activating group) is 1. The molecule has 100 valence electrons. The zero-order valence-corrected chi connectivity index (χ0v) is 11.1. The number of carbonyl (C=O) groups excluding carboxylic acids is 1. The molecule has 1 aromatic rings. The molecular weight excluding hydrogens is 230 g/mol. The van der Waals surface area contributed by atoms with E-state index in [1.54, 1.807) is 12.5 Å². The number of carbonyl (C=O) groups is 1. The van der Waals surface area contributed by atoms with Crippen LogP contribution in [0.25, 0.3) is 0 Å². The highest BCUT2D eigenvalue weighted by atomic mass is 16.3. The predicted octanol–water partition coefficient (Wildman–Crippen LogP) is 0.532. The summed E-state index contributed by atoms with van der Waals surface area (Å²) in [6.07, 6.45) is 3.38. The minimum atomic E-state index is -0.0991. The van der Waals surface area contributed by atoms with Crippen molar-refractivity contribution in [2.45, 2.75) is 19.5 Å². The molecule has 0 bridgehead atoms. The van der Waals surface area contributed by atoms with Crippen LogP contribution in [0.15, 0.2) is 23.0 Å². The van der Waals surface area contributed by atoms with Crippen LogP contribution in [-0.4, -0.2) is 55.0 Å². The fourth-order valence-electron chi connectivity index (χ4n) is 2.15. The number of rotatable bonds is 4. The lowest BCUT2D eigenvalue weighted by Crippen LogP contribution is -2.52. The molecule has 5 heteroatoms. The Morgan fingerprint density at radius 1 is 1.56 bits per heavy atom. The molecule has 0 aromatic carbocycles. The average Bonchev–Trinajstić information content (AvgIpc) is 2.91. The van der Waals surface area contributed by atoms with Crippen molar-refractivity contribution in [3.63, 3.8) is 0 Å². The number of nitrogens with zero attached hydrogens (tertiary/aromatic N) is 2. The number of piperazine rings is 1. The van der Waals surface area contributed by atoms with Crippen LogP contribution in [-0.2, 0) is 11.3 Å². The maximum absolute atomic E-state index is 12.3. The van der Waals surface area contributed by atoms with Crippen molar-refractivity contribution in [2.24, 2.45) is 0 Å². The van der Waals surface area contributed by atoms with Gasteiger partial charge < -0.3 is 14.6 Å². The van der Waals surface area contributed by atoms with E-state index in [4.69, 9.17) is 4.42 Å². The SMILES string of the molecule is CC(C(=O)N1CCNCC1)N(C)Cc1ccoc1. The van der Waals surface area contributed by atoms with Crippen molar-refractivity contribution >= 4 is 5.91 Å². The first-order valence-corrected chi connectivity index (χ1v) is 6.39. The molecule has 1 unspecified atom stereocenters. The summed E-state index contributed by atoms with van der Waals surface area (Å²) in [5.41, 5.74) is 1.09. The van der Waals surface area contributed by atoms with Gasteiger partial charge in [0.2, 0.25) is 5.91 Å². The zero-order valence-electron chi connectivity index (χ0n) is 11.1. The maximum atomic E-state index is 12.3. The Kier molecular flexibility index (Phi) is 4.38. The topological polar surface area (TPSA) is 48.7 Å². The number of amides is 1. The zero-order chi connectivity index (χ0) is 13.0. The number of furan rings is 1. The predicted molar refractivity (Wildman–Crippen MR) is 69.1 cm³/mol. The minimum Gasteiger partial charge on any atom is -0.472 e. The van der Waals surface area contributed by atoms with E-state index in [1.165, 1.54) is 0 Å². The molecule has 0 spiro atoms. The normalized spacial score (nSPS) is 18.1. The summed E-state index contributed by atoms with van der Waals surface area (Å²) in [7, 11) is 1.97. The lowest BCUT2D eigenvalue weighted by Gasteiger charge is -2.33. The van der Waals surface area contributed by atoms with Gasteiger partial charge in [-0.2, -0.15) is 0 Å². The summed E-state index contributed by atoms with van der Waals surface area (Å²) in [4.78, 5) is 16.3. The second kappa shape index (κ2) is 6.02. The summed E-state index contributed by atoms with van der Waals surface area (Å²) in [5, 5.41) is 3.25. The van der Waals surface area contributed by atoms with Crippen molar-refractivity contribution in [1.29, 1.82) is 0 Å². The third kappa shape index (κ3) is 3.11. The number of hydrogen-bond donors (Lipinski definition) is 1. The van der Waals surface area contributed by atoms with E-state index in [0.717, 1.165) is 38.3 Å². The van der Waals surface area contributed by atoms with E-state index in [2.05, 4.69) is 10.2 Å². The van der Waals surface area contributed by atoms with Gasteiger partial charge in [0.05, 0.1) is 18.6 Å². The van der Waals surface area contributed by atoms with Gasteiger partial charge in [0, 0.05) is 38.3 Å². The first kappa shape index (κ1) is 13.1. The maximum Gasteiger partial charge on any atom is 0.239 e. The highest BCUT2D eigenvalue weighted by Crippen LogP contribution is 2.09. The Balaban J connectivity index is 1.88. The van der Waals surface area contributed by atoms with E-state index < -0.39 is 0 Å². The molecule has 1 amide bonds. The summed E-state index contributed by atoms with van der Waals surface area (Å²) >= 11 is 0. The highest BCUT2D eigenvalue weighted by molar-refractivity contribution is 5.81. The smallest absolute Gasteiger partial charge is 0.239 e. The van der Waals surface area contributed by atoms with Crippen molar-refractivity contribution < 1.29 is 9.21 Å². The van der Waals surface area contributed by atoms with Crippen molar-refractivity contribution in [3.8, 4) is 0 Å². The van der Waals surface area contributed by atoms with Crippen molar-refractivity contribution in [3.05, 3.63) is 24.2 Å². The van der Waals surface area contributed by atoms with Crippen LogP contribution in [0.2, 0.25) is 0 Å². The van der Waals surface area contributed by atoms with Gasteiger partial charge in [0.15, 0.2) is 0 Å². The van der Waals surface area contributed by atoms with Crippen LogP contribution in [0.5, 0.6) is 0 Å². The molecule has 0 saturated carbocycles. The standard InChI is InChI=1S/C13H21N3O2/c1-11(13(17)16-6-4-14-5-7-16)15(2)9-12-3-8-18-10-12/h3,8,10-11,14H,4-7,9H2,1-2H3. The van der Waals surface area contributed by atoms with E-state index in [0.29, 0.717) is 0 Å². The molecule has 1 aliphatic heterocycles. The molecule has 0 radical (unpaired) electrons. The molecule has 2 rings (SSSR count). The van der Waals surface area contributed by atoms with Crippen LogP contribution in [0.4, 0.5) is 0 Å². The minimum absolute atomic E-state index is 0.0991. The van der Waals surface area contributed by atoms with E-state index >= 15 is 0 Å². The molecule has 1 aromatic heterocycles. The lowest BCUT2D eigenvalue weighted by molar-refractivity contribution is -0.136. The van der Waals surface area contributed by atoms with Crippen LogP contribution in [0.1, 0.15) is 12.5 Å². The van der Waals surface area contributed by atoms with Gasteiger partial charge in [-0.25, -0.2) is 0 Å². The Morgan fingerprint density at radius 3 is 2.89 bits per heavy atom. The average molecular weight is 251 g/mol. The Hall–Kier alpha value is -1.33. The molecule has 1 N–H and O–H groups in total. The van der Waals surface area contributed by atoms with Crippen LogP contribution >= 0.6 is 0 Å². The first-order valence-electron chi connectivity index (χ1n) is 6.39. The summed E-state index contributed by atoms with van der Waals surface area (Å²) in [6, 6.07) is 1.83. The van der Waals surface area contributed by atoms with Crippen molar-refractivity contribution in [2.75, 3.05) is 33.2 Å². The number of hydrogen-bond acceptors (Lipinski definition) is 4. The summed E-state index contributed by atoms with van der Waals surface area (Å²) < 4.78 is 5.04. The molecule has 18 heavy (non-hydrogen) atoms. The van der Waals surface area contributed by atoms with Crippen LogP contribution in [0, 0.1) is 0 Å². The molecule has 1 aliphatic rings. The van der Waals surface area contributed by atoms with Gasteiger partial charge in [-0.1, -0.05) is 0 Å². The van der Waals surface area contributed by atoms with Gasteiger partial charge in [-0.05, 0) is 20.0 Å². The molecule has 1 atom stereocenters. The molecular formula is C13H21N3O2. The fourth-order valence-corrected chi connectivity index (χ4v) is 2.15. The van der Waals surface area contributed by atoms with E-state index in [-0.39, 0.29) is 11.9 Å². The Labute approximate surface area is 108 Å². The molecule has 2 heterocycles. The Bertz CT molecular complexity index is 372. The molecule has 1 fully saturated rings. The molecule has 0 aliphatic carbocycles. The molecule has 1 saturated heterocycles. The highest BCUT2D eigenvalue weighted by Gasteiger charge is 2.24. The second-order valence-electron chi connectivity index (χ2n) is 4.80. The van der Waals surface area contributed by atoms with Crippen LogP contribution < -0.4 is 5.32 Å². The van der Waals surface area contributed by atoms with Gasteiger partial charge in [-0.15, -0.1) is 0 Å². The van der Waals surface area contributed by atoms with Crippen molar-refractivity contribution in [1.82, 2.24) is 15.1 Å². The number of nitrogens with one attached hydrogen (secondary N) is 1. The van der Waals surface area contributed by atoms with Gasteiger partial charge in [-0.3, -0.25) is 9.69 Å². The third-order valence-electron chi connectivity index (χ3n) is 3.46. The first-order chi connectivity index (χ1) is 8.68. The van der Waals surface area contributed by atoms with E-state index in [9.17, 15) is 4.79 Å². The van der Waals surface area contributed by atoms with E-state index in [1.807, 2.05) is 24.9 Å². The van der Waals surface area contributed by atoms with Gasteiger partial charge >= 0.3 is 0 Å². The third-order valence-corrected chi connectivity index (χ3v) is 3.46. The largest absolute Gasteiger partial charge is 0.472 e. The monoisotopic (exact) mass is 251 g/mol. The van der Waals surface area contributed by atoms with Gasteiger partial charge in [0.25, 0.3) is 0 Å². The van der Waals surface area contributed by atoms with Crippen LogP contribution in [0.3, 0.4) is 0 Å². The van der Waals surface area contributed by atoms with Gasteiger partial charge in [0.1, 0.15) is 0 Å². The Morgan fingerprint density at radius 2 is 2.28 bits per heavy atom. The summed E-state index contributed by atoms with van der Waals surface area (Å²) in [5.74, 6) is 0.211. The lowest BCUT2D eigenvalue weighted by atomic mass is 10.2. The summed E-state index contributed by atoms with van der Waals surface area (Å²) in [6.45, 7) is 6.10. The molecule has 5 nitrogen and oxygen atoms in total. The fraction of sp³-hybridized carbons (Fsp3) is 0.615. The quantitative estimate of drug-likeness (QED) is 0.848.